The van der Waals surface area contributed by atoms with Crippen molar-refractivity contribution in [1.29, 1.82) is 0 Å². The molecule has 0 bridgehead atoms. The van der Waals surface area contributed by atoms with Gasteiger partial charge in [0.1, 0.15) is 0 Å². The molecule has 0 aromatic rings. The Kier molecular flexibility index (Phi) is 6.05. The zero-order valence-electron chi connectivity index (χ0n) is 13.0. The lowest BCUT2D eigenvalue weighted by atomic mass is 9.70. The Bertz CT molecular complexity index is 425. The van der Waals surface area contributed by atoms with Gasteiger partial charge in [-0.15, -0.1) is 0 Å². The minimum Gasteiger partial charge on any atom is -0.481 e. The monoisotopic (exact) mass is 304 g/mol. The van der Waals surface area contributed by atoms with Crippen molar-refractivity contribution in [3.8, 4) is 0 Å². The molecule has 5 heteroatoms. The molecule has 1 aliphatic carbocycles. The van der Waals surface area contributed by atoms with Gasteiger partial charge in [0.15, 0.2) is 9.84 Å². The number of hydrogen-bond acceptors (Lipinski definition) is 3. The molecule has 118 valence electrons. The third-order valence-electron chi connectivity index (χ3n) is 4.77. The van der Waals surface area contributed by atoms with E-state index in [9.17, 15) is 18.3 Å². The minimum atomic E-state index is -3.08. The first-order chi connectivity index (χ1) is 9.15. The molecular weight excluding hydrogens is 276 g/mol. The molecule has 4 nitrogen and oxygen atoms in total. The minimum absolute atomic E-state index is 0.00201. The number of carboxylic acids is 1. The number of carboxylic acid groups (broad SMARTS) is 1. The number of aliphatic carboxylic acids is 1. The fourth-order valence-electron chi connectivity index (χ4n) is 3.10. The van der Waals surface area contributed by atoms with Gasteiger partial charge < -0.3 is 5.11 Å². The average Bonchev–Trinajstić information content (AvgIpc) is 2.35. The van der Waals surface area contributed by atoms with E-state index >= 15 is 0 Å². The molecule has 3 atom stereocenters. The third-order valence-corrected chi connectivity index (χ3v) is 7.02. The average molecular weight is 304 g/mol. The summed E-state index contributed by atoms with van der Waals surface area (Å²) in [4.78, 5) is 11.4. The molecule has 1 aliphatic rings. The van der Waals surface area contributed by atoms with E-state index in [0.717, 1.165) is 12.8 Å². The molecule has 0 heterocycles. The van der Waals surface area contributed by atoms with Crippen molar-refractivity contribution in [3.63, 3.8) is 0 Å². The summed E-state index contributed by atoms with van der Waals surface area (Å²) < 4.78 is 23.8. The largest absolute Gasteiger partial charge is 0.481 e. The molecular formula is C15H28O4S. The van der Waals surface area contributed by atoms with Crippen LogP contribution >= 0.6 is 0 Å². The van der Waals surface area contributed by atoms with Crippen LogP contribution in [0.2, 0.25) is 0 Å². The van der Waals surface area contributed by atoms with Crippen LogP contribution < -0.4 is 0 Å². The molecule has 0 spiro atoms. The number of carbonyl (C=O) groups is 1. The van der Waals surface area contributed by atoms with Crippen LogP contribution in [0, 0.1) is 23.7 Å². The van der Waals surface area contributed by atoms with E-state index in [4.69, 9.17) is 0 Å². The van der Waals surface area contributed by atoms with Gasteiger partial charge in [-0.05, 0) is 57.3 Å². The molecule has 0 amide bonds. The molecule has 0 aliphatic heterocycles. The zero-order chi connectivity index (χ0) is 15.5. The standard InChI is InChI=1S/C15H28O4S/c1-10(2)12-5-6-14(15(16)17)13(9-12)7-8-20(18,19)11(3)4/h10-14H,5-9H2,1-4H3,(H,16,17). The van der Waals surface area contributed by atoms with E-state index in [2.05, 4.69) is 13.8 Å². The van der Waals surface area contributed by atoms with Crippen molar-refractivity contribution in [2.45, 2.75) is 58.6 Å². The van der Waals surface area contributed by atoms with Gasteiger partial charge >= 0.3 is 5.97 Å². The molecule has 20 heavy (non-hydrogen) atoms. The molecule has 1 saturated carbocycles. The second-order valence-corrected chi connectivity index (χ2v) is 9.40. The highest BCUT2D eigenvalue weighted by Crippen LogP contribution is 2.39. The summed E-state index contributed by atoms with van der Waals surface area (Å²) in [6.45, 7) is 7.69. The summed E-state index contributed by atoms with van der Waals surface area (Å²) in [5.41, 5.74) is 0. The second-order valence-electron chi connectivity index (χ2n) is 6.73. The van der Waals surface area contributed by atoms with Gasteiger partial charge in [-0.3, -0.25) is 4.79 Å². The fourth-order valence-corrected chi connectivity index (χ4v) is 4.20. The Balaban J connectivity index is 2.73. The lowest BCUT2D eigenvalue weighted by Crippen LogP contribution is -2.34. The van der Waals surface area contributed by atoms with Gasteiger partial charge in [0.05, 0.1) is 16.9 Å². The Hall–Kier alpha value is -0.580. The first kappa shape index (κ1) is 17.5. The molecule has 3 unspecified atom stereocenters. The lowest BCUT2D eigenvalue weighted by Gasteiger charge is -2.36. The highest BCUT2D eigenvalue weighted by Gasteiger charge is 2.36. The van der Waals surface area contributed by atoms with Crippen LogP contribution in [0.5, 0.6) is 0 Å². The SMILES string of the molecule is CC(C)C1CCC(C(=O)O)C(CCS(=O)(=O)C(C)C)C1. The van der Waals surface area contributed by atoms with Gasteiger partial charge in [-0.2, -0.15) is 0 Å². The van der Waals surface area contributed by atoms with Gasteiger partial charge in [0, 0.05) is 0 Å². The summed E-state index contributed by atoms with van der Waals surface area (Å²) in [5, 5.41) is 8.94. The number of rotatable bonds is 6. The third kappa shape index (κ3) is 4.47. The van der Waals surface area contributed by atoms with E-state index in [0.29, 0.717) is 24.7 Å². The zero-order valence-corrected chi connectivity index (χ0v) is 13.8. The lowest BCUT2D eigenvalue weighted by molar-refractivity contribution is -0.145. The first-order valence-electron chi connectivity index (χ1n) is 7.59. The molecule has 1 N–H and O–H groups in total. The summed E-state index contributed by atoms with van der Waals surface area (Å²) in [7, 11) is -3.08. The predicted octanol–water partition coefficient (Wildman–Crippen LogP) is 2.97. The van der Waals surface area contributed by atoms with E-state index in [1.807, 2.05) is 0 Å². The Morgan fingerprint density at radius 3 is 2.25 bits per heavy atom. The maximum Gasteiger partial charge on any atom is 0.306 e. The summed E-state index contributed by atoms with van der Waals surface area (Å²) in [6.07, 6.45) is 2.97. The van der Waals surface area contributed by atoms with Crippen LogP contribution in [-0.4, -0.2) is 30.5 Å². The fraction of sp³-hybridized carbons (Fsp3) is 0.933. The van der Waals surface area contributed by atoms with Crippen molar-refractivity contribution >= 4 is 15.8 Å². The van der Waals surface area contributed by atoms with E-state index in [-0.39, 0.29) is 22.8 Å². The normalized spacial score (nSPS) is 28.0. The maximum absolute atomic E-state index is 11.9. The van der Waals surface area contributed by atoms with Gasteiger partial charge in [-0.1, -0.05) is 13.8 Å². The highest BCUT2D eigenvalue weighted by molar-refractivity contribution is 7.91. The summed E-state index contributed by atoms with van der Waals surface area (Å²) in [6, 6.07) is 0. The topological polar surface area (TPSA) is 71.4 Å². The van der Waals surface area contributed by atoms with Crippen molar-refractivity contribution in [2.75, 3.05) is 5.75 Å². The van der Waals surface area contributed by atoms with Crippen molar-refractivity contribution in [2.24, 2.45) is 23.7 Å². The van der Waals surface area contributed by atoms with E-state index < -0.39 is 15.8 Å². The second kappa shape index (κ2) is 6.92. The van der Waals surface area contributed by atoms with Crippen LogP contribution in [0.1, 0.15) is 53.4 Å². The van der Waals surface area contributed by atoms with Crippen LogP contribution in [0.15, 0.2) is 0 Å². The Labute approximate surface area is 122 Å². The summed E-state index contributed by atoms with van der Waals surface area (Å²) in [5.74, 6) is 0.0456. The number of hydrogen-bond donors (Lipinski definition) is 1. The van der Waals surface area contributed by atoms with Crippen molar-refractivity contribution in [3.05, 3.63) is 0 Å². The van der Waals surface area contributed by atoms with E-state index in [1.54, 1.807) is 13.8 Å². The predicted molar refractivity (Wildman–Crippen MR) is 80.3 cm³/mol. The van der Waals surface area contributed by atoms with Crippen molar-refractivity contribution < 1.29 is 18.3 Å². The Morgan fingerprint density at radius 2 is 1.80 bits per heavy atom. The number of sulfone groups is 1. The van der Waals surface area contributed by atoms with Crippen LogP contribution in [-0.2, 0) is 14.6 Å². The van der Waals surface area contributed by atoms with Crippen molar-refractivity contribution in [1.82, 2.24) is 0 Å². The molecule has 0 saturated heterocycles. The molecule has 1 rings (SSSR count). The Morgan fingerprint density at radius 1 is 1.20 bits per heavy atom. The molecule has 0 aromatic heterocycles. The molecule has 0 aromatic carbocycles. The quantitative estimate of drug-likeness (QED) is 0.819. The summed E-state index contributed by atoms with van der Waals surface area (Å²) >= 11 is 0. The smallest absolute Gasteiger partial charge is 0.306 e. The van der Waals surface area contributed by atoms with Gasteiger partial charge in [0.2, 0.25) is 0 Å². The van der Waals surface area contributed by atoms with E-state index in [1.165, 1.54) is 0 Å². The highest BCUT2D eigenvalue weighted by atomic mass is 32.2. The molecule has 1 fully saturated rings. The van der Waals surface area contributed by atoms with Gasteiger partial charge in [0.25, 0.3) is 0 Å². The maximum atomic E-state index is 11.9. The molecule has 0 radical (unpaired) electrons. The van der Waals surface area contributed by atoms with Crippen LogP contribution in [0.4, 0.5) is 0 Å². The van der Waals surface area contributed by atoms with Gasteiger partial charge in [-0.25, -0.2) is 8.42 Å². The van der Waals surface area contributed by atoms with Crippen LogP contribution in [0.25, 0.3) is 0 Å². The van der Waals surface area contributed by atoms with Crippen LogP contribution in [0.3, 0.4) is 0 Å². The first-order valence-corrected chi connectivity index (χ1v) is 9.31.